The topological polar surface area (TPSA) is 0 Å². The molecule has 0 heterocycles. The van der Waals surface area contributed by atoms with Crippen molar-refractivity contribution in [3.63, 3.8) is 0 Å². The summed E-state index contributed by atoms with van der Waals surface area (Å²) in [5.74, 6) is 1.39. The lowest BCUT2D eigenvalue weighted by molar-refractivity contribution is 0.413. The fourth-order valence-corrected chi connectivity index (χ4v) is 2.04. The molecule has 0 saturated heterocycles. The average Bonchev–Trinajstić information content (AvgIpc) is 2.26. The van der Waals surface area contributed by atoms with Crippen molar-refractivity contribution in [2.24, 2.45) is 5.92 Å². The fraction of sp³-hybridized carbons (Fsp3) is 0.500. The highest BCUT2D eigenvalue weighted by Gasteiger charge is 2.15. The molecule has 0 bridgehead atoms. The second-order valence-corrected chi connectivity index (χ2v) is 4.04. The summed E-state index contributed by atoms with van der Waals surface area (Å²) in [6.07, 6.45) is 3.60. The minimum atomic E-state index is 0.647. The van der Waals surface area contributed by atoms with Crippen LogP contribution in [0.3, 0.4) is 0 Å². The van der Waals surface area contributed by atoms with Gasteiger partial charge >= 0.3 is 0 Å². The van der Waals surface area contributed by atoms with Gasteiger partial charge in [0, 0.05) is 0 Å². The standard InChI is InChI=1S/C14H21/c1-4-9-13(5-2)12(3)14-10-7-6-8-11-14/h6-8,10-13H,2,4-5,9H2,1,3H3. The lowest BCUT2D eigenvalue weighted by Gasteiger charge is -2.22. The summed E-state index contributed by atoms with van der Waals surface area (Å²) in [5, 5.41) is 0. The van der Waals surface area contributed by atoms with Crippen LogP contribution in [-0.2, 0) is 0 Å². The highest BCUT2D eigenvalue weighted by molar-refractivity contribution is 5.19. The molecule has 0 aromatic heterocycles. The van der Waals surface area contributed by atoms with Crippen molar-refractivity contribution in [1.82, 2.24) is 0 Å². The van der Waals surface area contributed by atoms with Gasteiger partial charge in [-0.15, -0.1) is 0 Å². The lowest BCUT2D eigenvalue weighted by atomic mass is 9.83. The van der Waals surface area contributed by atoms with Crippen LogP contribution in [0.4, 0.5) is 0 Å². The van der Waals surface area contributed by atoms with Crippen LogP contribution < -0.4 is 0 Å². The number of benzene rings is 1. The van der Waals surface area contributed by atoms with Crippen LogP contribution in [0.5, 0.6) is 0 Å². The lowest BCUT2D eigenvalue weighted by Crippen LogP contribution is -2.08. The molecule has 0 aliphatic carbocycles. The van der Waals surface area contributed by atoms with E-state index in [9.17, 15) is 0 Å². The fourth-order valence-electron chi connectivity index (χ4n) is 2.04. The van der Waals surface area contributed by atoms with E-state index in [1.54, 1.807) is 0 Å². The maximum absolute atomic E-state index is 4.05. The van der Waals surface area contributed by atoms with Gasteiger partial charge in [-0.25, -0.2) is 0 Å². The molecule has 0 N–H and O–H groups in total. The minimum absolute atomic E-state index is 0.647. The van der Waals surface area contributed by atoms with Gasteiger partial charge in [-0.05, 0) is 23.8 Å². The predicted octanol–water partition coefficient (Wildman–Crippen LogP) is 4.43. The Morgan fingerprint density at radius 3 is 2.36 bits per heavy atom. The van der Waals surface area contributed by atoms with Gasteiger partial charge in [-0.3, -0.25) is 0 Å². The third-order valence-electron chi connectivity index (χ3n) is 3.06. The number of rotatable bonds is 5. The van der Waals surface area contributed by atoms with Crippen molar-refractivity contribution in [2.75, 3.05) is 0 Å². The molecule has 0 aliphatic heterocycles. The monoisotopic (exact) mass is 189 g/mol. The van der Waals surface area contributed by atoms with Gasteiger partial charge in [0.15, 0.2) is 0 Å². The number of hydrogen-bond acceptors (Lipinski definition) is 0. The third-order valence-corrected chi connectivity index (χ3v) is 3.06. The van der Waals surface area contributed by atoms with Crippen molar-refractivity contribution in [3.05, 3.63) is 42.8 Å². The molecular formula is C14H21. The highest BCUT2D eigenvalue weighted by atomic mass is 14.2. The van der Waals surface area contributed by atoms with Gasteiger partial charge in [0.2, 0.25) is 0 Å². The Balaban J connectivity index is 2.67. The summed E-state index contributed by atoms with van der Waals surface area (Å²) in [7, 11) is 0. The van der Waals surface area contributed by atoms with E-state index < -0.39 is 0 Å². The molecule has 1 radical (unpaired) electrons. The second kappa shape index (κ2) is 5.85. The van der Waals surface area contributed by atoms with E-state index in [1.807, 2.05) is 0 Å². The molecule has 2 atom stereocenters. The van der Waals surface area contributed by atoms with E-state index in [0.29, 0.717) is 5.92 Å². The Labute approximate surface area is 88.4 Å². The first-order chi connectivity index (χ1) is 6.79. The van der Waals surface area contributed by atoms with Crippen LogP contribution in [0.1, 0.15) is 44.6 Å². The predicted molar refractivity (Wildman–Crippen MR) is 63.2 cm³/mol. The Morgan fingerprint density at radius 1 is 1.21 bits per heavy atom. The first kappa shape index (κ1) is 11.3. The molecule has 1 aromatic carbocycles. The van der Waals surface area contributed by atoms with E-state index in [1.165, 1.54) is 18.4 Å². The summed E-state index contributed by atoms with van der Waals surface area (Å²) >= 11 is 0. The highest BCUT2D eigenvalue weighted by Crippen LogP contribution is 2.29. The van der Waals surface area contributed by atoms with E-state index in [0.717, 1.165) is 12.3 Å². The summed E-state index contributed by atoms with van der Waals surface area (Å²) in [5.41, 5.74) is 1.45. The maximum Gasteiger partial charge on any atom is -0.0162 e. The largest absolute Gasteiger partial charge is 0.0654 e. The van der Waals surface area contributed by atoms with Crippen LogP contribution in [0.25, 0.3) is 0 Å². The van der Waals surface area contributed by atoms with Crippen molar-refractivity contribution >= 4 is 0 Å². The van der Waals surface area contributed by atoms with E-state index in [2.05, 4.69) is 51.1 Å². The molecule has 77 valence electrons. The first-order valence-electron chi connectivity index (χ1n) is 5.63. The third kappa shape index (κ3) is 2.87. The zero-order chi connectivity index (χ0) is 10.4. The van der Waals surface area contributed by atoms with Gasteiger partial charge in [0.1, 0.15) is 0 Å². The van der Waals surface area contributed by atoms with Crippen LogP contribution in [-0.4, -0.2) is 0 Å². The molecule has 1 aromatic rings. The molecule has 14 heavy (non-hydrogen) atoms. The maximum atomic E-state index is 4.05. The van der Waals surface area contributed by atoms with Crippen LogP contribution in [0.15, 0.2) is 30.3 Å². The van der Waals surface area contributed by atoms with E-state index in [-0.39, 0.29) is 0 Å². The van der Waals surface area contributed by atoms with E-state index >= 15 is 0 Å². The molecule has 0 heteroatoms. The molecule has 0 spiro atoms. The molecule has 0 amide bonds. The zero-order valence-electron chi connectivity index (χ0n) is 9.37. The zero-order valence-corrected chi connectivity index (χ0v) is 9.37. The first-order valence-corrected chi connectivity index (χ1v) is 5.63. The Bertz CT molecular complexity index is 237. The average molecular weight is 189 g/mol. The second-order valence-electron chi connectivity index (χ2n) is 4.04. The van der Waals surface area contributed by atoms with Crippen LogP contribution in [0, 0.1) is 12.8 Å². The quantitative estimate of drug-likeness (QED) is 0.642. The molecular weight excluding hydrogens is 168 g/mol. The molecule has 1 rings (SSSR count). The Hall–Kier alpha value is -0.780. The molecule has 0 aliphatic rings. The van der Waals surface area contributed by atoms with Gasteiger partial charge in [0.05, 0.1) is 0 Å². The molecule has 0 saturated carbocycles. The van der Waals surface area contributed by atoms with Gasteiger partial charge in [-0.1, -0.05) is 63.9 Å². The molecule has 0 fully saturated rings. The SMILES string of the molecule is [CH2]CC(CCC)C(C)c1ccccc1. The smallest absolute Gasteiger partial charge is 0.0162 e. The van der Waals surface area contributed by atoms with Gasteiger partial charge in [-0.2, -0.15) is 0 Å². The van der Waals surface area contributed by atoms with Gasteiger partial charge < -0.3 is 0 Å². The van der Waals surface area contributed by atoms with Crippen LogP contribution >= 0.6 is 0 Å². The van der Waals surface area contributed by atoms with Crippen molar-refractivity contribution in [3.8, 4) is 0 Å². The van der Waals surface area contributed by atoms with Gasteiger partial charge in [0.25, 0.3) is 0 Å². The summed E-state index contributed by atoms with van der Waals surface area (Å²) < 4.78 is 0. The van der Waals surface area contributed by atoms with E-state index in [4.69, 9.17) is 0 Å². The summed E-state index contributed by atoms with van der Waals surface area (Å²) in [6, 6.07) is 10.8. The van der Waals surface area contributed by atoms with Crippen molar-refractivity contribution < 1.29 is 0 Å². The normalized spacial score (nSPS) is 15.1. The summed E-state index contributed by atoms with van der Waals surface area (Å²) in [4.78, 5) is 0. The molecule has 0 nitrogen and oxygen atoms in total. The summed E-state index contributed by atoms with van der Waals surface area (Å²) in [6.45, 7) is 8.62. The molecule has 2 unspecified atom stereocenters. The van der Waals surface area contributed by atoms with Crippen molar-refractivity contribution in [2.45, 2.75) is 39.0 Å². The minimum Gasteiger partial charge on any atom is -0.0654 e. The Morgan fingerprint density at radius 2 is 1.86 bits per heavy atom. The number of hydrogen-bond donors (Lipinski definition) is 0. The Kier molecular flexibility index (Phi) is 4.72. The van der Waals surface area contributed by atoms with Crippen molar-refractivity contribution in [1.29, 1.82) is 0 Å². The van der Waals surface area contributed by atoms with Crippen LogP contribution in [0.2, 0.25) is 0 Å².